The van der Waals surface area contributed by atoms with E-state index in [-0.39, 0.29) is 29.8 Å². The van der Waals surface area contributed by atoms with E-state index in [0.717, 1.165) is 5.56 Å². The highest BCUT2D eigenvalue weighted by atomic mass is 16.3. The molecule has 0 aliphatic heterocycles. The van der Waals surface area contributed by atoms with Crippen LogP contribution in [0.4, 0.5) is 0 Å². The predicted molar refractivity (Wildman–Crippen MR) is 91.0 cm³/mol. The monoisotopic (exact) mass is 318 g/mol. The van der Waals surface area contributed by atoms with Crippen LogP contribution < -0.4 is 11.1 Å². The second-order valence-electron chi connectivity index (χ2n) is 6.13. The molecule has 0 aromatic heterocycles. The molecule has 1 aromatic rings. The molecule has 0 bridgehead atoms. The van der Waals surface area contributed by atoms with Gasteiger partial charge in [0.25, 0.3) is 0 Å². The average Bonchev–Trinajstić information content (AvgIpc) is 2.48. The summed E-state index contributed by atoms with van der Waals surface area (Å²) in [6, 6.07) is 5.26. The molecule has 0 spiro atoms. The SMILES string of the molecule is C=CCC(=O)[C@H](CC(C)C)NC(=O)[C@@H](N)Cc1ccc(O)cc1. The number of Topliss-reactive ketones (excluding diaryl/α,β-unsaturated/α-hetero) is 1. The number of amides is 1. The Balaban J connectivity index is 2.66. The zero-order chi connectivity index (χ0) is 17.4. The van der Waals surface area contributed by atoms with Crippen molar-refractivity contribution in [3.8, 4) is 5.75 Å². The molecule has 5 heteroatoms. The topological polar surface area (TPSA) is 92.4 Å². The van der Waals surface area contributed by atoms with E-state index in [9.17, 15) is 14.7 Å². The van der Waals surface area contributed by atoms with Gasteiger partial charge < -0.3 is 16.2 Å². The number of hydrogen-bond acceptors (Lipinski definition) is 4. The number of phenolic OH excluding ortho intramolecular Hbond substituents is 1. The fraction of sp³-hybridized carbons (Fsp3) is 0.444. The number of rotatable bonds is 9. The Hall–Kier alpha value is -2.14. The smallest absolute Gasteiger partial charge is 0.237 e. The van der Waals surface area contributed by atoms with Gasteiger partial charge in [0, 0.05) is 6.42 Å². The van der Waals surface area contributed by atoms with Gasteiger partial charge in [-0.25, -0.2) is 0 Å². The molecule has 0 saturated heterocycles. The van der Waals surface area contributed by atoms with Crippen molar-refractivity contribution >= 4 is 11.7 Å². The first-order chi connectivity index (χ1) is 10.8. The Morgan fingerprint density at radius 2 is 1.91 bits per heavy atom. The molecule has 126 valence electrons. The van der Waals surface area contributed by atoms with Crippen LogP contribution in [0, 0.1) is 5.92 Å². The van der Waals surface area contributed by atoms with Crippen molar-refractivity contribution in [1.29, 1.82) is 0 Å². The lowest BCUT2D eigenvalue weighted by molar-refractivity contribution is -0.128. The molecular weight excluding hydrogens is 292 g/mol. The van der Waals surface area contributed by atoms with Crippen LogP contribution in [0.1, 0.15) is 32.3 Å². The predicted octanol–water partition coefficient (Wildman–Crippen LogP) is 1.94. The quantitative estimate of drug-likeness (QED) is 0.607. The lowest BCUT2D eigenvalue weighted by Crippen LogP contribution is -2.49. The molecule has 0 radical (unpaired) electrons. The van der Waals surface area contributed by atoms with Gasteiger partial charge in [0.15, 0.2) is 5.78 Å². The zero-order valence-corrected chi connectivity index (χ0v) is 13.8. The fourth-order valence-electron chi connectivity index (χ4n) is 2.28. The second-order valence-corrected chi connectivity index (χ2v) is 6.13. The van der Waals surface area contributed by atoms with Crippen LogP contribution in [0.15, 0.2) is 36.9 Å². The number of hydrogen-bond donors (Lipinski definition) is 3. The molecular formula is C18H26N2O3. The van der Waals surface area contributed by atoms with E-state index in [1.807, 2.05) is 13.8 Å². The van der Waals surface area contributed by atoms with Gasteiger partial charge in [-0.05, 0) is 36.5 Å². The van der Waals surface area contributed by atoms with Gasteiger partial charge in [0.1, 0.15) is 5.75 Å². The summed E-state index contributed by atoms with van der Waals surface area (Å²) in [5.41, 5.74) is 6.78. The molecule has 0 heterocycles. The van der Waals surface area contributed by atoms with Crippen molar-refractivity contribution in [1.82, 2.24) is 5.32 Å². The molecule has 1 amide bonds. The van der Waals surface area contributed by atoms with E-state index >= 15 is 0 Å². The summed E-state index contributed by atoms with van der Waals surface area (Å²) in [5, 5.41) is 12.0. The van der Waals surface area contributed by atoms with Crippen LogP contribution in [0.3, 0.4) is 0 Å². The van der Waals surface area contributed by atoms with Crippen molar-refractivity contribution in [2.45, 2.75) is 45.2 Å². The average molecular weight is 318 g/mol. The first kappa shape index (κ1) is 18.9. The Kier molecular flexibility index (Phi) is 7.48. The Morgan fingerprint density at radius 1 is 1.30 bits per heavy atom. The van der Waals surface area contributed by atoms with Gasteiger partial charge in [-0.1, -0.05) is 32.1 Å². The van der Waals surface area contributed by atoms with Gasteiger partial charge in [0.05, 0.1) is 12.1 Å². The molecule has 5 nitrogen and oxygen atoms in total. The molecule has 0 fully saturated rings. The summed E-state index contributed by atoms with van der Waals surface area (Å²) >= 11 is 0. The maximum atomic E-state index is 12.3. The Bertz CT molecular complexity index is 538. The fourth-order valence-corrected chi connectivity index (χ4v) is 2.28. The van der Waals surface area contributed by atoms with Crippen LogP contribution in [-0.2, 0) is 16.0 Å². The number of carbonyl (C=O) groups excluding carboxylic acids is 2. The van der Waals surface area contributed by atoms with Crippen LogP contribution in [0.25, 0.3) is 0 Å². The lowest BCUT2D eigenvalue weighted by Gasteiger charge is -2.21. The molecule has 0 unspecified atom stereocenters. The highest BCUT2D eigenvalue weighted by molar-refractivity contribution is 5.91. The largest absolute Gasteiger partial charge is 0.508 e. The van der Waals surface area contributed by atoms with E-state index in [1.165, 1.54) is 6.08 Å². The van der Waals surface area contributed by atoms with Crippen molar-refractivity contribution in [3.05, 3.63) is 42.5 Å². The maximum absolute atomic E-state index is 12.3. The van der Waals surface area contributed by atoms with Gasteiger partial charge in [-0.2, -0.15) is 0 Å². The molecule has 2 atom stereocenters. The van der Waals surface area contributed by atoms with Gasteiger partial charge >= 0.3 is 0 Å². The highest BCUT2D eigenvalue weighted by Gasteiger charge is 2.23. The summed E-state index contributed by atoms with van der Waals surface area (Å²) in [6.45, 7) is 7.55. The minimum absolute atomic E-state index is 0.0566. The lowest BCUT2D eigenvalue weighted by atomic mass is 9.97. The second kappa shape index (κ2) is 9.10. The van der Waals surface area contributed by atoms with E-state index < -0.39 is 12.1 Å². The first-order valence-corrected chi connectivity index (χ1v) is 7.81. The molecule has 23 heavy (non-hydrogen) atoms. The van der Waals surface area contributed by atoms with Crippen molar-refractivity contribution in [3.63, 3.8) is 0 Å². The van der Waals surface area contributed by atoms with Crippen LogP contribution in [-0.4, -0.2) is 28.9 Å². The molecule has 0 aliphatic carbocycles. The number of aromatic hydroxyl groups is 1. The van der Waals surface area contributed by atoms with E-state index in [1.54, 1.807) is 24.3 Å². The van der Waals surface area contributed by atoms with Crippen molar-refractivity contribution < 1.29 is 14.7 Å². The summed E-state index contributed by atoms with van der Waals surface area (Å²) in [6.07, 6.45) is 2.68. The maximum Gasteiger partial charge on any atom is 0.237 e. The molecule has 1 rings (SSSR count). The number of benzene rings is 1. The summed E-state index contributed by atoms with van der Waals surface area (Å²) in [4.78, 5) is 24.3. The van der Waals surface area contributed by atoms with E-state index in [0.29, 0.717) is 12.8 Å². The van der Waals surface area contributed by atoms with Gasteiger partial charge in [0.2, 0.25) is 5.91 Å². The van der Waals surface area contributed by atoms with E-state index in [4.69, 9.17) is 5.73 Å². The highest BCUT2D eigenvalue weighted by Crippen LogP contribution is 2.12. The molecule has 1 aromatic carbocycles. The first-order valence-electron chi connectivity index (χ1n) is 7.81. The third-order valence-electron chi connectivity index (χ3n) is 3.49. The van der Waals surface area contributed by atoms with Crippen molar-refractivity contribution in [2.75, 3.05) is 0 Å². The minimum atomic E-state index is -0.745. The standard InChI is InChI=1S/C18H26N2O3/c1-4-5-17(22)16(10-12(2)3)20-18(23)15(19)11-13-6-8-14(21)9-7-13/h4,6-9,12,15-16,21H,1,5,10-11,19H2,2-3H3,(H,20,23)/t15-,16-/m0/s1. The summed E-state index contributed by atoms with van der Waals surface area (Å²) in [5.74, 6) is 0.0428. The Labute approximate surface area is 137 Å². The Morgan fingerprint density at radius 3 is 2.43 bits per heavy atom. The number of nitrogens with one attached hydrogen (secondary N) is 1. The third kappa shape index (κ3) is 6.65. The third-order valence-corrected chi connectivity index (χ3v) is 3.49. The number of allylic oxidation sites excluding steroid dienone is 1. The number of nitrogens with two attached hydrogens (primary N) is 1. The number of carbonyl (C=O) groups is 2. The number of ketones is 1. The zero-order valence-electron chi connectivity index (χ0n) is 13.8. The van der Waals surface area contributed by atoms with Crippen molar-refractivity contribution in [2.24, 2.45) is 11.7 Å². The molecule has 4 N–H and O–H groups in total. The molecule has 0 aliphatic rings. The number of phenols is 1. The van der Waals surface area contributed by atoms with Crippen LogP contribution in [0.2, 0.25) is 0 Å². The summed E-state index contributed by atoms with van der Waals surface area (Å²) < 4.78 is 0. The van der Waals surface area contributed by atoms with Crippen LogP contribution >= 0.6 is 0 Å². The minimum Gasteiger partial charge on any atom is -0.508 e. The normalized spacial score (nSPS) is 13.4. The van der Waals surface area contributed by atoms with Gasteiger partial charge in [-0.3, -0.25) is 9.59 Å². The van der Waals surface area contributed by atoms with E-state index in [2.05, 4.69) is 11.9 Å². The molecule has 0 saturated carbocycles. The summed E-state index contributed by atoms with van der Waals surface area (Å²) in [7, 11) is 0. The van der Waals surface area contributed by atoms with Crippen LogP contribution in [0.5, 0.6) is 5.75 Å². The van der Waals surface area contributed by atoms with Gasteiger partial charge in [-0.15, -0.1) is 6.58 Å².